The van der Waals surface area contributed by atoms with Crippen LogP contribution in [0.2, 0.25) is 0 Å². The largest absolute Gasteiger partial charge is 0.353 e. The van der Waals surface area contributed by atoms with Gasteiger partial charge in [0.1, 0.15) is 6.04 Å². The lowest BCUT2D eigenvalue weighted by molar-refractivity contribution is -0.125. The van der Waals surface area contributed by atoms with Gasteiger partial charge >= 0.3 is 0 Å². The Balaban J connectivity index is 1.89. The van der Waals surface area contributed by atoms with Crippen LogP contribution in [0.4, 0.5) is 0 Å². The predicted molar refractivity (Wildman–Crippen MR) is 74.4 cm³/mol. The first kappa shape index (κ1) is 15.0. The van der Waals surface area contributed by atoms with Crippen LogP contribution in [-0.4, -0.2) is 53.6 Å². The van der Waals surface area contributed by atoms with Gasteiger partial charge in [0, 0.05) is 32.0 Å². The summed E-state index contributed by atoms with van der Waals surface area (Å²) in [6, 6.07) is -0.568. The van der Waals surface area contributed by atoms with Gasteiger partial charge in [0.15, 0.2) is 0 Å². The summed E-state index contributed by atoms with van der Waals surface area (Å²) in [5, 5.41) is 2.80. The maximum atomic E-state index is 12.1. The predicted octanol–water partition coefficient (Wildman–Crippen LogP) is -0.187. The van der Waals surface area contributed by atoms with Crippen molar-refractivity contribution in [1.82, 2.24) is 19.2 Å². The number of nitrogens with one attached hydrogen (secondary N) is 1. The lowest BCUT2D eigenvalue weighted by Gasteiger charge is -2.32. The number of hydrogen-bond acceptors (Lipinski definition) is 4. The molecule has 0 bridgehead atoms. The van der Waals surface area contributed by atoms with Crippen molar-refractivity contribution < 1.29 is 13.2 Å². The first-order valence-corrected chi connectivity index (χ1v) is 8.53. The number of sulfonamides is 1. The van der Waals surface area contributed by atoms with Crippen LogP contribution in [0.5, 0.6) is 0 Å². The van der Waals surface area contributed by atoms with Gasteiger partial charge in [0.05, 0.1) is 12.6 Å². The van der Waals surface area contributed by atoms with Gasteiger partial charge in [0.2, 0.25) is 15.9 Å². The van der Waals surface area contributed by atoms with Crippen molar-refractivity contribution in [3.8, 4) is 0 Å². The minimum absolute atomic E-state index is 0.213. The number of aromatic nitrogens is 2. The summed E-state index contributed by atoms with van der Waals surface area (Å²) < 4.78 is 26.6. The Bertz CT molecular complexity index is 541. The molecule has 1 fully saturated rings. The maximum Gasteiger partial charge on any atom is 0.238 e. The van der Waals surface area contributed by atoms with Crippen molar-refractivity contribution >= 4 is 15.9 Å². The fourth-order valence-corrected chi connectivity index (χ4v) is 3.53. The topological polar surface area (TPSA) is 84.3 Å². The van der Waals surface area contributed by atoms with Crippen molar-refractivity contribution in [2.75, 3.05) is 19.3 Å². The molecule has 0 unspecified atom stereocenters. The van der Waals surface area contributed by atoms with Crippen LogP contribution < -0.4 is 5.32 Å². The van der Waals surface area contributed by atoms with E-state index in [9.17, 15) is 13.2 Å². The van der Waals surface area contributed by atoms with Crippen molar-refractivity contribution in [3.63, 3.8) is 0 Å². The van der Waals surface area contributed by atoms with E-state index in [2.05, 4.69) is 10.3 Å². The molecule has 0 aliphatic carbocycles. The Hall–Kier alpha value is -1.41. The van der Waals surface area contributed by atoms with E-state index < -0.39 is 16.1 Å². The van der Waals surface area contributed by atoms with Gasteiger partial charge in [-0.1, -0.05) is 6.42 Å². The molecule has 1 saturated heterocycles. The lowest BCUT2D eigenvalue weighted by Crippen LogP contribution is -2.51. The van der Waals surface area contributed by atoms with Gasteiger partial charge in [-0.2, -0.15) is 4.31 Å². The molecule has 0 saturated carbocycles. The van der Waals surface area contributed by atoms with Gasteiger partial charge in [-0.3, -0.25) is 4.79 Å². The third-order valence-corrected chi connectivity index (χ3v) is 4.70. The summed E-state index contributed by atoms with van der Waals surface area (Å²) in [5.74, 6) is -0.213. The van der Waals surface area contributed by atoms with Crippen LogP contribution in [0.3, 0.4) is 0 Å². The Labute approximate surface area is 119 Å². The normalized spacial score (nSPS) is 20.8. The van der Waals surface area contributed by atoms with Crippen LogP contribution in [0.15, 0.2) is 18.7 Å². The Morgan fingerprint density at radius 2 is 2.25 bits per heavy atom. The quantitative estimate of drug-likeness (QED) is 0.817. The summed E-state index contributed by atoms with van der Waals surface area (Å²) in [4.78, 5) is 16.1. The fraction of sp³-hybridized carbons (Fsp3) is 0.667. The molecule has 1 N–H and O–H groups in total. The highest BCUT2D eigenvalue weighted by molar-refractivity contribution is 7.88. The van der Waals surface area contributed by atoms with Gasteiger partial charge in [-0.15, -0.1) is 0 Å². The summed E-state index contributed by atoms with van der Waals surface area (Å²) >= 11 is 0. The average Bonchev–Trinajstić information content (AvgIpc) is 2.91. The second-order valence-electron chi connectivity index (χ2n) is 4.98. The standard InChI is InChI=1S/C12H20N4O3S/c1-20(18,19)16-7-3-2-4-11(16)12(17)14-6-9-15-8-5-13-10-15/h5,8,10-11H,2-4,6-7,9H2,1H3,(H,14,17)/t11-/m1/s1. The molecule has 0 radical (unpaired) electrons. The zero-order chi connectivity index (χ0) is 14.6. The SMILES string of the molecule is CS(=O)(=O)N1CCCC[C@@H]1C(=O)NCCn1ccnc1. The minimum atomic E-state index is -3.33. The summed E-state index contributed by atoms with van der Waals surface area (Å²) in [6.07, 6.45) is 8.60. The molecule has 20 heavy (non-hydrogen) atoms. The molecular weight excluding hydrogens is 280 g/mol. The van der Waals surface area contributed by atoms with Crippen molar-refractivity contribution in [1.29, 1.82) is 0 Å². The van der Waals surface area contributed by atoms with E-state index in [1.54, 1.807) is 12.5 Å². The summed E-state index contributed by atoms with van der Waals surface area (Å²) in [7, 11) is -3.33. The fourth-order valence-electron chi connectivity index (χ4n) is 2.41. The molecule has 8 heteroatoms. The van der Waals surface area contributed by atoms with E-state index in [-0.39, 0.29) is 5.91 Å². The highest BCUT2D eigenvalue weighted by atomic mass is 32.2. The number of nitrogens with zero attached hydrogens (tertiary/aromatic N) is 3. The van der Waals surface area contributed by atoms with E-state index in [0.717, 1.165) is 19.1 Å². The molecule has 0 spiro atoms. The van der Waals surface area contributed by atoms with Crippen LogP contribution in [0, 0.1) is 0 Å². The first-order chi connectivity index (χ1) is 9.48. The molecule has 2 heterocycles. The lowest BCUT2D eigenvalue weighted by atomic mass is 10.0. The molecule has 1 aromatic rings. The molecule has 0 aromatic carbocycles. The number of carbonyl (C=O) groups excluding carboxylic acids is 1. The van der Waals surface area contributed by atoms with Crippen LogP contribution >= 0.6 is 0 Å². The summed E-state index contributed by atoms with van der Waals surface area (Å²) in [6.45, 7) is 1.51. The number of rotatable bonds is 5. The first-order valence-electron chi connectivity index (χ1n) is 6.69. The molecule has 1 aliphatic heterocycles. The number of piperidine rings is 1. The minimum Gasteiger partial charge on any atom is -0.353 e. The number of hydrogen-bond donors (Lipinski definition) is 1. The third-order valence-electron chi connectivity index (χ3n) is 3.41. The maximum absolute atomic E-state index is 12.1. The van der Waals surface area contributed by atoms with Crippen molar-refractivity contribution in [3.05, 3.63) is 18.7 Å². The average molecular weight is 300 g/mol. The van der Waals surface area contributed by atoms with E-state index in [0.29, 0.717) is 26.1 Å². The van der Waals surface area contributed by atoms with Crippen molar-refractivity contribution in [2.24, 2.45) is 0 Å². The molecule has 1 aromatic heterocycles. The molecule has 2 rings (SSSR count). The van der Waals surface area contributed by atoms with Gasteiger partial charge < -0.3 is 9.88 Å². The monoisotopic (exact) mass is 300 g/mol. The van der Waals surface area contributed by atoms with E-state index in [1.165, 1.54) is 4.31 Å². The number of carbonyl (C=O) groups is 1. The number of amides is 1. The summed E-state index contributed by atoms with van der Waals surface area (Å²) in [5.41, 5.74) is 0. The van der Waals surface area contributed by atoms with E-state index in [1.807, 2.05) is 10.8 Å². The highest BCUT2D eigenvalue weighted by Crippen LogP contribution is 2.19. The van der Waals surface area contributed by atoms with E-state index >= 15 is 0 Å². The van der Waals surface area contributed by atoms with Crippen molar-refractivity contribution in [2.45, 2.75) is 31.8 Å². The third kappa shape index (κ3) is 3.80. The molecule has 112 valence electrons. The zero-order valence-corrected chi connectivity index (χ0v) is 12.3. The van der Waals surface area contributed by atoms with Crippen LogP contribution in [0.1, 0.15) is 19.3 Å². The Kier molecular flexibility index (Phi) is 4.77. The zero-order valence-electron chi connectivity index (χ0n) is 11.5. The second-order valence-corrected chi connectivity index (χ2v) is 6.91. The van der Waals surface area contributed by atoms with Gasteiger partial charge in [-0.25, -0.2) is 13.4 Å². The molecule has 1 aliphatic rings. The number of imidazole rings is 1. The Morgan fingerprint density at radius 1 is 1.45 bits per heavy atom. The van der Waals surface area contributed by atoms with Gasteiger partial charge in [-0.05, 0) is 12.8 Å². The molecule has 1 amide bonds. The van der Waals surface area contributed by atoms with Gasteiger partial charge in [0.25, 0.3) is 0 Å². The van der Waals surface area contributed by atoms with Crippen LogP contribution in [-0.2, 0) is 21.4 Å². The Morgan fingerprint density at radius 3 is 2.90 bits per heavy atom. The smallest absolute Gasteiger partial charge is 0.238 e. The highest BCUT2D eigenvalue weighted by Gasteiger charge is 2.34. The second kappa shape index (κ2) is 6.36. The molecular formula is C12H20N4O3S. The molecule has 1 atom stereocenters. The molecule has 7 nitrogen and oxygen atoms in total. The van der Waals surface area contributed by atoms with Crippen LogP contribution in [0.25, 0.3) is 0 Å². The van der Waals surface area contributed by atoms with E-state index in [4.69, 9.17) is 0 Å².